The summed E-state index contributed by atoms with van der Waals surface area (Å²) in [5, 5.41) is 1.07. The molecule has 2 aromatic heterocycles. The normalized spacial score (nSPS) is 10.9. The highest BCUT2D eigenvalue weighted by Gasteiger charge is 2.08. The standard InChI is InChI=1S/C19H13NO/c1-3-7-14(8-4-1)17-11-16-12-18(21-19(16)13-20-17)15-9-5-2-6-10-15/h1-13H. The molecule has 2 aromatic carbocycles. The SMILES string of the molecule is c1ccc(-c2cc3cc(-c4ccccc4)oc3cn2)cc1. The molecule has 0 atom stereocenters. The van der Waals surface area contributed by atoms with E-state index < -0.39 is 0 Å². The van der Waals surface area contributed by atoms with Gasteiger partial charge in [-0.3, -0.25) is 4.98 Å². The maximum atomic E-state index is 5.88. The van der Waals surface area contributed by atoms with Gasteiger partial charge in [-0.05, 0) is 12.1 Å². The fourth-order valence-electron chi connectivity index (χ4n) is 2.46. The fraction of sp³-hybridized carbons (Fsp3) is 0. The van der Waals surface area contributed by atoms with Gasteiger partial charge < -0.3 is 4.42 Å². The lowest BCUT2D eigenvalue weighted by Gasteiger charge is -1.99. The van der Waals surface area contributed by atoms with E-state index in [0.717, 1.165) is 33.6 Å². The maximum Gasteiger partial charge on any atom is 0.153 e. The molecule has 100 valence electrons. The van der Waals surface area contributed by atoms with Crippen LogP contribution in [0.1, 0.15) is 0 Å². The Morgan fingerprint density at radius 1 is 0.714 bits per heavy atom. The lowest BCUT2D eigenvalue weighted by Crippen LogP contribution is -1.81. The minimum absolute atomic E-state index is 0.813. The topological polar surface area (TPSA) is 26.0 Å². The third-order valence-electron chi connectivity index (χ3n) is 3.53. The second-order valence-electron chi connectivity index (χ2n) is 4.95. The van der Waals surface area contributed by atoms with E-state index >= 15 is 0 Å². The zero-order valence-corrected chi connectivity index (χ0v) is 11.4. The first kappa shape index (κ1) is 11.9. The van der Waals surface area contributed by atoms with Crippen LogP contribution >= 0.6 is 0 Å². The molecular weight excluding hydrogens is 258 g/mol. The summed E-state index contributed by atoms with van der Waals surface area (Å²) in [5.41, 5.74) is 3.97. The lowest BCUT2D eigenvalue weighted by atomic mass is 10.1. The average molecular weight is 271 g/mol. The molecule has 0 spiro atoms. The molecule has 0 N–H and O–H groups in total. The van der Waals surface area contributed by atoms with Gasteiger partial charge in [-0.25, -0.2) is 0 Å². The highest BCUT2D eigenvalue weighted by atomic mass is 16.3. The van der Waals surface area contributed by atoms with E-state index in [1.54, 1.807) is 6.20 Å². The summed E-state index contributed by atoms with van der Waals surface area (Å²) < 4.78 is 5.88. The molecule has 2 nitrogen and oxygen atoms in total. The van der Waals surface area contributed by atoms with Crippen molar-refractivity contribution >= 4 is 11.0 Å². The first-order valence-electron chi connectivity index (χ1n) is 6.90. The van der Waals surface area contributed by atoms with Gasteiger partial charge in [-0.2, -0.15) is 0 Å². The van der Waals surface area contributed by atoms with E-state index in [1.807, 2.05) is 48.5 Å². The Balaban J connectivity index is 1.82. The maximum absolute atomic E-state index is 5.88. The van der Waals surface area contributed by atoms with Crippen LogP contribution in [0.25, 0.3) is 33.6 Å². The molecule has 0 saturated heterocycles. The van der Waals surface area contributed by atoms with Crippen molar-refractivity contribution in [3.63, 3.8) is 0 Å². The minimum atomic E-state index is 0.813. The van der Waals surface area contributed by atoms with Crippen LogP contribution in [-0.2, 0) is 0 Å². The molecule has 0 fully saturated rings. The van der Waals surface area contributed by atoms with Gasteiger partial charge in [0.15, 0.2) is 5.58 Å². The monoisotopic (exact) mass is 271 g/mol. The summed E-state index contributed by atoms with van der Waals surface area (Å²) in [6.07, 6.45) is 1.80. The predicted octanol–water partition coefficient (Wildman–Crippen LogP) is 5.16. The molecule has 0 aliphatic heterocycles. The van der Waals surface area contributed by atoms with Gasteiger partial charge in [-0.15, -0.1) is 0 Å². The predicted molar refractivity (Wildman–Crippen MR) is 84.9 cm³/mol. The Bertz CT molecular complexity index is 842. The summed E-state index contributed by atoms with van der Waals surface area (Å²) in [7, 11) is 0. The lowest BCUT2D eigenvalue weighted by molar-refractivity contribution is 0.630. The highest BCUT2D eigenvalue weighted by Crippen LogP contribution is 2.29. The average Bonchev–Trinajstić information content (AvgIpc) is 2.99. The second-order valence-corrected chi connectivity index (χ2v) is 4.95. The van der Waals surface area contributed by atoms with Crippen LogP contribution in [0.15, 0.2) is 83.4 Å². The van der Waals surface area contributed by atoms with Crippen molar-refractivity contribution in [1.29, 1.82) is 0 Å². The van der Waals surface area contributed by atoms with E-state index in [-0.39, 0.29) is 0 Å². The molecule has 2 heterocycles. The van der Waals surface area contributed by atoms with Crippen molar-refractivity contribution in [2.24, 2.45) is 0 Å². The molecule has 4 aromatic rings. The zero-order chi connectivity index (χ0) is 14.1. The molecule has 4 rings (SSSR count). The van der Waals surface area contributed by atoms with Crippen LogP contribution in [-0.4, -0.2) is 4.98 Å². The molecule has 0 aliphatic rings. The van der Waals surface area contributed by atoms with Crippen molar-refractivity contribution in [1.82, 2.24) is 4.98 Å². The Morgan fingerprint density at radius 3 is 2.10 bits per heavy atom. The largest absolute Gasteiger partial charge is 0.454 e. The van der Waals surface area contributed by atoms with Crippen molar-refractivity contribution < 1.29 is 4.42 Å². The highest BCUT2D eigenvalue weighted by molar-refractivity contribution is 5.85. The third-order valence-corrected chi connectivity index (χ3v) is 3.53. The number of aromatic nitrogens is 1. The van der Waals surface area contributed by atoms with E-state index in [1.165, 1.54) is 0 Å². The fourth-order valence-corrected chi connectivity index (χ4v) is 2.46. The number of hydrogen-bond acceptors (Lipinski definition) is 2. The smallest absolute Gasteiger partial charge is 0.153 e. The van der Waals surface area contributed by atoms with Crippen LogP contribution in [0.2, 0.25) is 0 Å². The van der Waals surface area contributed by atoms with Crippen molar-refractivity contribution in [2.45, 2.75) is 0 Å². The minimum Gasteiger partial charge on any atom is -0.454 e. The Morgan fingerprint density at radius 2 is 1.38 bits per heavy atom. The van der Waals surface area contributed by atoms with Crippen molar-refractivity contribution in [3.8, 4) is 22.6 Å². The number of hydrogen-bond donors (Lipinski definition) is 0. The number of benzene rings is 2. The Labute approximate surface area is 122 Å². The summed E-state index contributed by atoms with van der Waals surface area (Å²) in [4.78, 5) is 4.49. The van der Waals surface area contributed by atoms with Crippen LogP contribution < -0.4 is 0 Å². The van der Waals surface area contributed by atoms with E-state index in [0.29, 0.717) is 0 Å². The van der Waals surface area contributed by atoms with Gasteiger partial charge in [0, 0.05) is 16.5 Å². The third kappa shape index (κ3) is 2.21. The van der Waals surface area contributed by atoms with E-state index in [9.17, 15) is 0 Å². The number of fused-ring (bicyclic) bond motifs is 1. The Kier molecular flexibility index (Phi) is 2.79. The van der Waals surface area contributed by atoms with Gasteiger partial charge in [0.25, 0.3) is 0 Å². The van der Waals surface area contributed by atoms with Crippen LogP contribution in [0, 0.1) is 0 Å². The molecule has 0 saturated carbocycles. The molecular formula is C19H13NO. The molecule has 21 heavy (non-hydrogen) atoms. The summed E-state index contributed by atoms with van der Waals surface area (Å²) in [5.74, 6) is 0.873. The van der Waals surface area contributed by atoms with Gasteiger partial charge in [-0.1, -0.05) is 60.7 Å². The molecule has 0 amide bonds. The number of furan rings is 1. The second kappa shape index (κ2) is 4.91. The first-order chi connectivity index (χ1) is 10.4. The molecule has 0 aliphatic carbocycles. The quantitative estimate of drug-likeness (QED) is 0.503. The molecule has 0 radical (unpaired) electrons. The van der Waals surface area contributed by atoms with E-state index in [2.05, 4.69) is 29.2 Å². The van der Waals surface area contributed by atoms with Gasteiger partial charge in [0.05, 0.1) is 11.9 Å². The zero-order valence-electron chi connectivity index (χ0n) is 11.4. The molecule has 0 bridgehead atoms. The van der Waals surface area contributed by atoms with Crippen molar-refractivity contribution in [3.05, 3.63) is 79.0 Å². The van der Waals surface area contributed by atoms with Gasteiger partial charge in [0.1, 0.15) is 5.76 Å². The van der Waals surface area contributed by atoms with Crippen LogP contribution in [0.4, 0.5) is 0 Å². The number of pyridine rings is 1. The Hall–Kier alpha value is -2.87. The van der Waals surface area contributed by atoms with Gasteiger partial charge >= 0.3 is 0 Å². The molecule has 0 unspecified atom stereocenters. The summed E-state index contributed by atoms with van der Waals surface area (Å²) in [6.45, 7) is 0. The van der Waals surface area contributed by atoms with Crippen molar-refractivity contribution in [2.75, 3.05) is 0 Å². The van der Waals surface area contributed by atoms with E-state index in [4.69, 9.17) is 4.42 Å². The summed E-state index contributed by atoms with van der Waals surface area (Å²) in [6, 6.07) is 24.4. The molecule has 2 heteroatoms. The van der Waals surface area contributed by atoms with Gasteiger partial charge in [0.2, 0.25) is 0 Å². The number of nitrogens with zero attached hydrogens (tertiary/aromatic N) is 1. The van der Waals surface area contributed by atoms with Crippen LogP contribution in [0.5, 0.6) is 0 Å². The number of rotatable bonds is 2. The first-order valence-corrected chi connectivity index (χ1v) is 6.90. The summed E-state index contributed by atoms with van der Waals surface area (Å²) >= 11 is 0. The van der Waals surface area contributed by atoms with Crippen LogP contribution in [0.3, 0.4) is 0 Å².